The van der Waals surface area contributed by atoms with Crippen molar-refractivity contribution in [2.45, 2.75) is 31.2 Å². The van der Waals surface area contributed by atoms with Crippen LogP contribution in [0.1, 0.15) is 35.7 Å². The number of hydrogen-bond acceptors (Lipinski definition) is 6. The lowest BCUT2D eigenvalue weighted by Gasteiger charge is -2.30. The lowest BCUT2D eigenvalue weighted by molar-refractivity contribution is 0.102. The minimum absolute atomic E-state index is 0.0480. The van der Waals surface area contributed by atoms with Crippen LogP contribution in [0.15, 0.2) is 71.6 Å². The predicted octanol–water partition coefficient (Wildman–Crippen LogP) is 4.99. The van der Waals surface area contributed by atoms with Crippen molar-refractivity contribution in [2.75, 3.05) is 37.3 Å². The molecule has 0 saturated carbocycles. The molecule has 1 aliphatic rings. The van der Waals surface area contributed by atoms with E-state index < -0.39 is 10.0 Å². The fraction of sp³-hybridized carbons (Fsp3) is 0.321. The number of ether oxygens (including phenoxy) is 2. The van der Waals surface area contributed by atoms with Crippen LogP contribution >= 0.6 is 0 Å². The van der Waals surface area contributed by atoms with Crippen molar-refractivity contribution in [2.24, 2.45) is 5.92 Å². The number of likely N-dealkylation sites (tertiary alicyclic amines) is 1. The van der Waals surface area contributed by atoms with E-state index in [-0.39, 0.29) is 16.5 Å². The van der Waals surface area contributed by atoms with Crippen LogP contribution in [0.3, 0.4) is 0 Å². The fourth-order valence-electron chi connectivity index (χ4n) is 4.26. The molecule has 1 fully saturated rings. The highest BCUT2D eigenvalue weighted by atomic mass is 32.2. The molecule has 3 aromatic carbocycles. The molecule has 3 aromatic rings. The van der Waals surface area contributed by atoms with Gasteiger partial charge in [0.25, 0.3) is 15.9 Å². The van der Waals surface area contributed by atoms with E-state index in [4.69, 9.17) is 9.47 Å². The molecule has 4 rings (SSSR count). The quantitative estimate of drug-likeness (QED) is 0.410. The van der Waals surface area contributed by atoms with Gasteiger partial charge in [-0.05, 0) is 85.9 Å². The number of piperidine rings is 1. The first kappa shape index (κ1) is 26.5. The van der Waals surface area contributed by atoms with E-state index in [0.29, 0.717) is 22.7 Å². The lowest BCUT2D eigenvalue weighted by Crippen LogP contribution is -2.32. The number of hydrogen-bond donors (Lipinski definition) is 2. The van der Waals surface area contributed by atoms with Crippen LogP contribution in [0.2, 0.25) is 0 Å². The Morgan fingerprint density at radius 2 is 1.62 bits per heavy atom. The first-order chi connectivity index (χ1) is 17.8. The third kappa shape index (κ3) is 6.81. The molecule has 0 bridgehead atoms. The number of carbonyl (C=O) groups excluding carboxylic acids is 1. The minimum Gasteiger partial charge on any atom is -0.497 e. The van der Waals surface area contributed by atoms with E-state index in [1.165, 1.54) is 44.8 Å². The Labute approximate surface area is 218 Å². The Balaban J connectivity index is 1.37. The topological polar surface area (TPSA) is 97.0 Å². The molecule has 0 atom stereocenters. The van der Waals surface area contributed by atoms with Crippen molar-refractivity contribution in [1.82, 2.24) is 4.90 Å². The largest absolute Gasteiger partial charge is 0.497 e. The molecular formula is C28H33N3O5S. The van der Waals surface area contributed by atoms with Crippen molar-refractivity contribution < 1.29 is 22.7 Å². The molecule has 1 saturated heterocycles. The van der Waals surface area contributed by atoms with Crippen LogP contribution in [-0.4, -0.2) is 46.5 Å². The van der Waals surface area contributed by atoms with Crippen molar-refractivity contribution in [1.29, 1.82) is 0 Å². The highest BCUT2D eigenvalue weighted by molar-refractivity contribution is 7.92. The molecule has 0 aromatic heterocycles. The summed E-state index contributed by atoms with van der Waals surface area (Å²) in [6.07, 6.45) is 2.46. The average Bonchev–Trinajstić information content (AvgIpc) is 2.90. The summed E-state index contributed by atoms with van der Waals surface area (Å²) in [5.41, 5.74) is 2.48. The Hall–Kier alpha value is -3.56. The lowest BCUT2D eigenvalue weighted by atomic mass is 9.99. The molecule has 1 aliphatic heterocycles. The van der Waals surface area contributed by atoms with E-state index >= 15 is 0 Å². The standard InChI is InChI=1S/C28H33N3O5S/c1-20-14-16-31(17-15-20)19-21-4-6-22(7-5-21)28(32)29-23-8-11-25(12-9-23)37(33,34)30-26-18-24(35-2)10-13-27(26)36-3/h4-13,18,20,30H,14-17,19H2,1-3H3,(H,29,32). The van der Waals surface area contributed by atoms with Crippen LogP contribution in [0, 0.1) is 5.92 Å². The molecule has 2 N–H and O–H groups in total. The molecule has 37 heavy (non-hydrogen) atoms. The third-order valence-electron chi connectivity index (χ3n) is 6.57. The minimum atomic E-state index is -3.89. The second-order valence-electron chi connectivity index (χ2n) is 9.31. The number of methoxy groups -OCH3 is 2. The summed E-state index contributed by atoms with van der Waals surface area (Å²) in [6.45, 7) is 5.41. The van der Waals surface area contributed by atoms with Gasteiger partial charge in [0, 0.05) is 23.9 Å². The van der Waals surface area contributed by atoms with Crippen LogP contribution in [0.4, 0.5) is 11.4 Å². The SMILES string of the molecule is COc1ccc(OC)c(NS(=O)(=O)c2ccc(NC(=O)c3ccc(CN4CCC(C)CC4)cc3)cc2)c1. The Morgan fingerprint density at radius 1 is 0.946 bits per heavy atom. The van der Waals surface area contributed by atoms with Crippen LogP contribution in [0.25, 0.3) is 0 Å². The number of anilines is 2. The van der Waals surface area contributed by atoms with Gasteiger partial charge in [-0.1, -0.05) is 19.1 Å². The van der Waals surface area contributed by atoms with Crippen molar-refractivity contribution in [3.63, 3.8) is 0 Å². The predicted molar refractivity (Wildman–Crippen MR) is 145 cm³/mol. The summed E-state index contributed by atoms with van der Waals surface area (Å²) < 4.78 is 38.8. The van der Waals surface area contributed by atoms with Crippen LogP contribution in [0.5, 0.6) is 11.5 Å². The van der Waals surface area contributed by atoms with E-state index in [0.717, 1.165) is 25.6 Å². The van der Waals surface area contributed by atoms with Gasteiger partial charge < -0.3 is 14.8 Å². The zero-order chi connectivity index (χ0) is 26.4. The maximum atomic E-state index is 12.9. The highest BCUT2D eigenvalue weighted by Crippen LogP contribution is 2.31. The maximum Gasteiger partial charge on any atom is 0.262 e. The molecule has 1 amide bonds. The van der Waals surface area contributed by atoms with E-state index in [2.05, 4.69) is 21.9 Å². The summed E-state index contributed by atoms with van der Waals surface area (Å²) in [6, 6.07) is 18.4. The van der Waals surface area contributed by atoms with Gasteiger partial charge in [0.2, 0.25) is 0 Å². The number of rotatable bonds is 9. The van der Waals surface area contributed by atoms with E-state index in [1.54, 1.807) is 30.3 Å². The molecule has 0 unspecified atom stereocenters. The summed E-state index contributed by atoms with van der Waals surface area (Å²) in [5.74, 6) is 1.40. The van der Waals surface area contributed by atoms with E-state index in [1.807, 2.05) is 24.3 Å². The van der Waals surface area contributed by atoms with Gasteiger partial charge in [-0.15, -0.1) is 0 Å². The molecule has 9 heteroatoms. The second-order valence-corrected chi connectivity index (χ2v) is 11.0. The van der Waals surface area contributed by atoms with Crippen molar-refractivity contribution >= 4 is 27.3 Å². The highest BCUT2D eigenvalue weighted by Gasteiger charge is 2.18. The van der Waals surface area contributed by atoms with Gasteiger partial charge >= 0.3 is 0 Å². The molecule has 0 spiro atoms. The molecular weight excluding hydrogens is 490 g/mol. The molecule has 0 aliphatic carbocycles. The van der Waals surface area contributed by atoms with E-state index in [9.17, 15) is 13.2 Å². The third-order valence-corrected chi connectivity index (χ3v) is 7.95. The van der Waals surface area contributed by atoms with Gasteiger partial charge in [-0.2, -0.15) is 0 Å². The zero-order valence-electron chi connectivity index (χ0n) is 21.4. The fourth-order valence-corrected chi connectivity index (χ4v) is 5.32. The van der Waals surface area contributed by atoms with Crippen LogP contribution in [-0.2, 0) is 16.6 Å². The number of benzene rings is 3. The molecule has 1 heterocycles. The van der Waals surface area contributed by atoms with Gasteiger partial charge in [-0.3, -0.25) is 14.4 Å². The Kier molecular flexibility index (Phi) is 8.35. The first-order valence-corrected chi connectivity index (χ1v) is 13.7. The summed E-state index contributed by atoms with van der Waals surface area (Å²) in [5, 5.41) is 2.82. The Morgan fingerprint density at radius 3 is 2.24 bits per heavy atom. The van der Waals surface area contributed by atoms with Gasteiger partial charge in [0.05, 0.1) is 24.8 Å². The number of nitrogens with one attached hydrogen (secondary N) is 2. The number of amides is 1. The first-order valence-electron chi connectivity index (χ1n) is 12.2. The normalized spacial score (nSPS) is 14.7. The second kappa shape index (κ2) is 11.7. The molecule has 0 radical (unpaired) electrons. The average molecular weight is 524 g/mol. The number of nitrogens with zero attached hydrogens (tertiary/aromatic N) is 1. The number of carbonyl (C=O) groups is 1. The summed E-state index contributed by atoms with van der Waals surface area (Å²) >= 11 is 0. The zero-order valence-corrected chi connectivity index (χ0v) is 22.2. The van der Waals surface area contributed by atoms with Gasteiger partial charge in [-0.25, -0.2) is 8.42 Å². The maximum absolute atomic E-state index is 12.9. The monoisotopic (exact) mass is 523 g/mol. The van der Waals surface area contributed by atoms with Crippen molar-refractivity contribution in [3.05, 3.63) is 77.9 Å². The van der Waals surface area contributed by atoms with Crippen LogP contribution < -0.4 is 19.5 Å². The summed E-state index contributed by atoms with van der Waals surface area (Å²) in [4.78, 5) is 15.2. The van der Waals surface area contributed by atoms with Gasteiger partial charge in [0.1, 0.15) is 11.5 Å². The summed E-state index contributed by atoms with van der Waals surface area (Å²) in [7, 11) is -0.935. The number of sulfonamides is 1. The molecule has 8 nitrogen and oxygen atoms in total. The van der Waals surface area contributed by atoms with Gasteiger partial charge in [0.15, 0.2) is 0 Å². The molecule has 196 valence electrons. The Bertz CT molecular complexity index is 1320. The van der Waals surface area contributed by atoms with Crippen molar-refractivity contribution in [3.8, 4) is 11.5 Å². The smallest absolute Gasteiger partial charge is 0.262 e.